The van der Waals surface area contributed by atoms with Crippen molar-refractivity contribution in [2.75, 3.05) is 13.7 Å². The zero-order valence-electron chi connectivity index (χ0n) is 7.31. The molecule has 0 spiro atoms. The van der Waals surface area contributed by atoms with Gasteiger partial charge in [0, 0.05) is 6.54 Å². The van der Waals surface area contributed by atoms with Crippen LogP contribution in [0.5, 0.6) is 0 Å². The van der Waals surface area contributed by atoms with Crippen LogP contribution in [-0.4, -0.2) is 13.7 Å². The predicted molar refractivity (Wildman–Crippen MR) is 48.9 cm³/mol. The molecule has 1 aromatic carbocycles. The largest absolute Gasteiger partial charge is 0.312 e. The third kappa shape index (κ3) is 2.05. The van der Waals surface area contributed by atoms with Crippen molar-refractivity contribution in [3.05, 3.63) is 35.4 Å². The molecule has 1 heterocycles. The lowest BCUT2D eigenvalue weighted by atomic mass is 10.0. The third-order valence-corrected chi connectivity index (χ3v) is 2.00. The van der Waals surface area contributed by atoms with E-state index in [2.05, 4.69) is 29.6 Å². The van der Waals surface area contributed by atoms with Crippen LogP contribution >= 0.6 is 0 Å². The maximum absolute atomic E-state index is 9.50. The molecule has 0 bridgehead atoms. The summed E-state index contributed by atoms with van der Waals surface area (Å²) < 4.78 is 9.50. The van der Waals surface area contributed by atoms with Crippen molar-refractivity contribution in [3.8, 4) is 0 Å². The summed E-state index contributed by atoms with van der Waals surface area (Å²) in [4.78, 5) is 0. The first-order valence-electron chi connectivity index (χ1n) is 4.12. The summed E-state index contributed by atoms with van der Waals surface area (Å²) in [6.45, 7) is 2.19. The van der Waals surface area contributed by atoms with Gasteiger partial charge in [0.05, 0.1) is 7.18 Å². The molecule has 66 valence electrons. The van der Waals surface area contributed by atoms with Crippen molar-refractivity contribution in [2.24, 2.45) is 0 Å². The van der Waals surface area contributed by atoms with Crippen LogP contribution in [0, 0.1) is 0 Å². The maximum atomic E-state index is 9.50. The third-order valence-electron chi connectivity index (χ3n) is 2.00. The highest BCUT2D eigenvalue weighted by Gasteiger charge is 2.05. The Balaban J connectivity index is 0.000000336. The lowest BCUT2D eigenvalue weighted by Gasteiger charge is -2.15. The summed E-state index contributed by atoms with van der Waals surface area (Å²) in [6, 6.07) is 8.63. The number of hydrogen-bond acceptors (Lipinski definition) is 1. The van der Waals surface area contributed by atoms with E-state index in [1.54, 1.807) is 0 Å². The molecule has 0 radical (unpaired) electrons. The van der Waals surface area contributed by atoms with Crippen molar-refractivity contribution in [1.82, 2.24) is 5.32 Å². The van der Waals surface area contributed by atoms with Gasteiger partial charge in [-0.05, 0) is 24.1 Å². The molecule has 1 aromatic rings. The normalized spacial score (nSPS) is 14.2. The number of hydrogen-bond donors (Lipinski definition) is 1. The molecule has 2 heteroatoms. The van der Waals surface area contributed by atoms with Crippen molar-refractivity contribution in [2.45, 2.75) is 13.0 Å². The zero-order chi connectivity index (χ0) is 8.81. The van der Waals surface area contributed by atoms with E-state index in [1.165, 1.54) is 17.5 Å². The molecule has 1 aliphatic rings. The summed E-state index contributed by atoms with van der Waals surface area (Å²) in [6.07, 6.45) is 1.19. The van der Waals surface area contributed by atoms with Crippen LogP contribution in [0.1, 0.15) is 11.1 Å². The first kappa shape index (κ1) is 9.20. The van der Waals surface area contributed by atoms with Crippen molar-refractivity contribution in [3.63, 3.8) is 0 Å². The Labute approximate surface area is 72.6 Å². The highest BCUT2D eigenvalue weighted by Crippen LogP contribution is 2.11. The van der Waals surface area contributed by atoms with Gasteiger partial charge >= 0.3 is 0 Å². The second-order valence-electron chi connectivity index (χ2n) is 2.70. The number of rotatable bonds is 0. The second kappa shape index (κ2) is 4.88. The summed E-state index contributed by atoms with van der Waals surface area (Å²) in [5.41, 5.74) is 2.98. The van der Waals surface area contributed by atoms with Gasteiger partial charge in [0.15, 0.2) is 0 Å². The minimum Gasteiger partial charge on any atom is -0.312 e. The van der Waals surface area contributed by atoms with Crippen LogP contribution in [-0.2, 0) is 13.0 Å². The molecule has 0 aromatic heterocycles. The molecule has 1 nitrogen and oxygen atoms in total. The predicted octanol–water partition coefficient (Wildman–Crippen LogP) is 1.92. The molecular weight excluding hydrogens is 153 g/mol. The number of fused-ring (bicyclic) bond motifs is 1. The van der Waals surface area contributed by atoms with Crippen LogP contribution in [0.25, 0.3) is 0 Å². The Hall–Kier alpha value is -0.890. The molecule has 0 unspecified atom stereocenters. The fourth-order valence-electron chi connectivity index (χ4n) is 1.42. The first-order chi connectivity index (χ1) is 5.97. The second-order valence-corrected chi connectivity index (χ2v) is 2.70. The quantitative estimate of drug-likeness (QED) is 0.622. The van der Waals surface area contributed by atoms with Crippen LogP contribution in [0.2, 0.25) is 0 Å². The van der Waals surface area contributed by atoms with Gasteiger partial charge in [-0.2, -0.15) is 0 Å². The van der Waals surface area contributed by atoms with Gasteiger partial charge in [-0.3, -0.25) is 4.39 Å². The van der Waals surface area contributed by atoms with Crippen molar-refractivity contribution < 1.29 is 4.39 Å². The average Bonchev–Trinajstić information content (AvgIpc) is 2.21. The fourth-order valence-corrected chi connectivity index (χ4v) is 1.42. The Morgan fingerprint density at radius 3 is 2.50 bits per heavy atom. The minimum absolute atomic E-state index is 0.500. The van der Waals surface area contributed by atoms with E-state index in [0.717, 1.165) is 13.1 Å². The lowest BCUT2D eigenvalue weighted by Crippen LogP contribution is -2.23. The number of alkyl halides is 1. The fraction of sp³-hybridized carbons (Fsp3) is 0.400. The number of nitrogens with one attached hydrogen (secondary N) is 1. The summed E-state index contributed by atoms with van der Waals surface area (Å²) in [7, 11) is 0.500. The summed E-state index contributed by atoms with van der Waals surface area (Å²) >= 11 is 0. The SMILES string of the molecule is CF.c1ccc2c(c1)CCNC2. The highest BCUT2D eigenvalue weighted by molar-refractivity contribution is 5.28. The molecular formula is C10H14FN. The van der Waals surface area contributed by atoms with E-state index in [4.69, 9.17) is 0 Å². The number of benzene rings is 1. The van der Waals surface area contributed by atoms with E-state index in [-0.39, 0.29) is 0 Å². The van der Waals surface area contributed by atoms with Crippen molar-refractivity contribution in [1.29, 1.82) is 0 Å². The molecule has 12 heavy (non-hydrogen) atoms. The van der Waals surface area contributed by atoms with Gasteiger partial charge in [-0.1, -0.05) is 24.3 Å². The first-order valence-corrected chi connectivity index (χ1v) is 4.12. The monoisotopic (exact) mass is 167 g/mol. The molecule has 0 aliphatic carbocycles. The van der Waals surface area contributed by atoms with E-state index < -0.39 is 0 Å². The van der Waals surface area contributed by atoms with Gasteiger partial charge in [0.25, 0.3) is 0 Å². The van der Waals surface area contributed by atoms with Gasteiger partial charge in [-0.15, -0.1) is 0 Å². The molecule has 1 N–H and O–H groups in total. The molecule has 2 rings (SSSR count). The Morgan fingerprint density at radius 1 is 1.17 bits per heavy atom. The molecule has 0 amide bonds. The van der Waals surface area contributed by atoms with Crippen LogP contribution < -0.4 is 5.32 Å². The standard InChI is InChI=1S/C9H11N.CH3F/c1-2-4-9-7-10-6-5-8(9)3-1;1-2/h1-4,10H,5-7H2;1H3. The highest BCUT2D eigenvalue weighted by atomic mass is 19.1. The van der Waals surface area contributed by atoms with E-state index in [9.17, 15) is 4.39 Å². The molecule has 0 fully saturated rings. The zero-order valence-corrected chi connectivity index (χ0v) is 7.31. The van der Waals surface area contributed by atoms with E-state index >= 15 is 0 Å². The molecule has 0 saturated carbocycles. The van der Waals surface area contributed by atoms with Gasteiger partial charge in [0.1, 0.15) is 0 Å². The van der Waals surface area contributed by atoms with Crippen LogP contribution in [0.4, 0.5) is 4.39 Å². The Kier molecular flexibility index (Phi) is 3.74. The maximum Gasteiger partial charge on any atom is 0.0785 e. The Bertz CT molecular complexity index is 210. The van der Waals surface area contributed by atoms with Gasteiger partial charge < -0.3 is 5.32 Å². The molecule has 1 aliphatic heterocycles. The van der Waals surface area contributed by atoms with Gasteiger partial charge in [-0.25, -0.2) is 0 Å². The molecule has 0 saturated heterocycles. The number of halogens is 1. The smallest absolute Gasteiger partial charge is 0.0785 e. The Morgan fingerprint density at radius 2 is 1.83 bits per heavy atom. The topological polar surface area (TPSA) is 12.0 Å². The average molecular weight is 167 g/mol. The summed E-state index contributed by atoms with van der Waals surface area (Å²) in [5, 5.41) is 3.34. The van der Waals surface area contributed by atoms with Crippen molar-refractivity contribution >= 4 is 0 Å². The van der Waals surface area contributed by atoms with E-state index in [1.807, 2.05) is 0 Å². The minimum atomic E-state index is 0.500. The molecule has 0 atom stereocenters. The van der Waals surface area contributed by atoms with Crippen LogP contribution in [0.3, 0.4) is 0 Å². The lowest BCUT2D eigenvalue weighted by molar-refractivity contribution is 0.636. The van der Waals surface area contributed by atoms with E-state index in [0.29, 0.717) is 7.18 Å². The van der Waals surface area contributed by atoms with Gasteiger partial charge in [0.2, 0.25) is 0 Å². The van der Waals surface area contributed by atoms with Crippen LogP contribution in [0.15, 0.2) is 24.3 Å². The summed E-state index contributed by atoms with van der Waals surface area (Å²) in [5.74, 6) is 0.